The minimum Gasteiger partial charge on any atom is -0.237 e. The molecule has 0 aromatic heterocycles. The molecule has 15 heavy (non-hydrogen) atoms. The van der Waals surface area contributed by atoms with E-state index in [9.17, 15) is 4.39 Å². The van der Waals surface area contributed by atoms with Crippen molar-refractivity contribution in [1.82, 2.24) is 0 Å². The third kappa shape index (κ3) is 2.37. The molecule has 0 heterocycles. The molecule has 0 fully saturated rings. The van der Waals surface area contributed by atoms with E-state index >= 15 is 0 Å². The van der Waals surface area contributed by atoms with Crippen LogP contribution in [-0.2, 0) is 0 Å². The van der Waals surface area contributed by atoms with Crippen LogP contribution in [0.5, 0.6) is 0 Å². The Bertz CT molecular complexity index is 422. The van der Waals surface area contributed by atoms with Gasteiger partial charge in [-0.2, -0.15) is 0 Å². The van der Waals surface area contributed by atoms with Crippen LogP contribution in [0.25, 0.3) is 0 Å². The zero-order chi connectivity index (χ0) is 10.7. The van der Waals surface area contributed by atoms with Crippen molar-refractivity contribution >= 4 is 11.6 Å². The molecule has 0 saturated heterocycles. The van der Waals surface area contributed by atoms with Crippen molar-refractivity contribution < 1.29 is 4.39 Å². The molecule has 2 aromatic carbocycles. The maximum absolute atomic E-state index is 14.0. The van der Waals surface area contributed by atoms with Gasteiger partial charge in [0.15, 0.2) is 6.17 Å². The molecule has 0 N–H and O–H groups in total. The predicted octanol–water partition coefficient (Wildman–Crippen LogP) is 4.40. The second kappa shape index (κ2) is 4.45. The summed E-state index contributed by atoms with van der Waals surface area (Å²) in [7, 11) is 0. The van der Waals surface area contributed by atoms with Gasteiger partial charge in [0.1, 0.15) is 0 Å². The van der Waals surface area contributed by atoms with Gasteiger partial charge in [-0.3, -0.25) is 0 Å². The van der Waals surface area contributed by atoms with E-state index in [1.54, 1.807) is 36.4 Å². The van der Waals surface area contributed by atoms with E-state index in [2.05, 4.69) is 0 Å². The normalized spacial score (nSPS) is 12.4. The van der Waals surface area contributed by atoms with E-state index in [-0.39, 0.29) is 0 Å². The first kappa shape index (κ1) is 10.2. The van der Waals surface area contributed by atoms with Crippen molar-refractivity contribution in [1.29, 1.82) is 0 Å². The van der Waals surface area contributed by atoms with Gasteiger partial charge in [0, 0.05) is 5.02 Å². The van der Waals surface area contributed by atoms with Gasteiger partial charge in [-0.05, 0) is 23.3 Å². The van der Waals surface area contributed by atoms with E-state index in [0.29, 0.717) is 16.1 Å². The van der Waals surface area contributed by atoms with Crippen molar-refractivity contribution in [3.63, 3.8) is 0 Å². The van der Waals surface area contributed by atoms with E-state index in [1.165, 1.54) is 0 Å². The SMILES string of the molecule is FC(c1ccccc1)c1ccc(Cl)cc1. The molecule has 2 rings (SSSR count). The van der Waals surface area contributed by atoms with Crippen LogP contribution in [0.4, 0.5) is 4.39 Å². The molecule has 0 saturated carbocycles. The van der Waals surface area contributed by atoms with Gasteiger partial charge in [0.05, 0.1) is 0 Å². The highest BCUT2D eigenvalue weighted by atomic mass is 35.5. The highest BCUT2D eigenvalue weighted by molar-refractivity contribution is 6.30. The Hall–Kier alpha value is -1.34. The van der Waals surface area contributed by atoms with Crippen LogP contribution in [0.15, 0.2) is 54.6 Å². The van der Waals surface area contributed by atoms with Crippen molar-refractivity contribution in [2.45, 2.75) is 6.17 Å². The first-order chi connectivity index (χ1) is 7.27. The molecule has 1 unspecified atom stereocenters. The molecular formula is C13H10ClF. The van der Waals surface area contributed by atoms with E-state index in [0.717, 1.165) is 0 Å². The van der Waals surface area contributed by atoms with Crippen LogP contribution in [-0.4, -0.2) is 0 Å². The number of hydrogen-bond acceptors (Lipinski definition) is 0. The van der Waals surface area contributed by atoms with Crippen LogP contribution in [0, 0.1) is 0 Å². The molecule has 0 amide bonds. The summed E-state index contributed by atoms with van der Waals surface area (Å²) in [5.41, 5.74) is 1.30. The quantitative estimate of drug-likeness (QED) is 0.704. The summed E-state index contributed by atoms with van der Waals surface area (Å²) >= 11 is 5.74. The number of rotatable bonds is 2. The van der Waals surface area contributed by atoms with Crippen molar-refractivity contribution in [3.8, 4) is 0 Å². The van der Waals surface area contributed by atoms with E-state index in [4.69, 9.17) is 11.6 Å². The molecular weight excluding hydrogens is 211 g/mol. The number of hydrogen-bond donors (Lipinski definition) is 0. The lowest BCUT2D eigenvalue weighted by molar-refractivity contribution is 0.402. The summed E-state index contributed by atoms with van der Waals surface area (Å²) in [6, 6.07) is 15.9. The van der Waals surface area contributed by atoms with Crippen LogP contribution >= 0.6 is 11.6 Å². The summed E-state index contributed by atoms with van der Waals surface area (Å²) < 4.78 is 14.0. The average Bonchev–Trinajstić information content (AvgIpc) is 2.30. The van der Waals surface area contributed by atoms with Crippen LogP contribution in [0.1, 0.15) is 17.3 Å². The minimum absolute atomic E-state index is 0.624. The van der Waals surface area contributed by atoms with Gasteiger partial charge in [0.25, 0.3) is 0 Å². The van der Waals surface area contributed by atoms with Crippen molar-refractivity contribution in [3.05, 3.63) is 70.7 Å². The Morgan fingerprint density at radius 3 is 1.93 bits per heavy atom. The zero-order valence-electron chi connectivity index (χ0n) is 8.03. The van der Waals surface area contributed by atoms with Gasteiger partial charge in [-0.1, -0.05) is 54.1 Å². The van der Waals surface area contributed by atoms with Gasteiger partial charge < -0.3 is 0 Å². The predicted molar refractivity (Wildman–Crippen MR) is 60.8 cm³/mol. The average molecular weight is 221 g/mol. The second-order valence-corrected chi connectivity index (χ2v) is 3.76. The Morgan fingerprint density at radius 1 is 0.800 bits per heavy atom. The van der Waals surface area contributed by atoms with Crippen LogP contribution < -0.4 is 0 Å². The maximum Gasteiger partial charge on any atom is 0.150 e. The Balaban J connectivity index is 2.29. The lowest BCUT2D eigenvalue weighted by atomic mass is 10.0. The first-order valence-corrected chi connectivity index (χ1v) is 5.09. The molecule has 2 heteroatoms. The Kier molecular flexibility index (Phi) is 3.02. The highest BCUT2D eigenvalue weighted by Crippen LogP contribution is 2.26. The maximum atomic E-state index is 14.0. The Labute approximate surface area is 93.3 Å². The standard InChI is InChI=1S/C13H10ClF/c14-12-8-6-11(7-9-12)13(15)10-4-2-1-3-5-10/h1-9,13H. The Morgan fingerprint density at radius 2 is 1.33 bits per heavy atom. The summed E-state index contributed by atoms with van der Waals surface area (Å²) in [6.45, 7) is 0. The van der Waals surface area contributed by atoms with Crippen molar-refractivity contribution in [2.24, 2.45) is 0 Å². The highest BCUT2D eigenvalue weighted by Gasteiger charge is 2.11. The topological polar surface area (TPSA) is 0 Å². The van der Waals surface area contributed by atoms with Gasteiger partial charge in [-0.15, -0.1) is 0 Å². The largest absolute Gasteiger partial charge is 0.237 e. The van der Waals surface area contributed by atoms with Crippen LogP contribution in [0.3, 0.4) is 0 Å². The third-order valence-electron chi connectivity index (χ3n) is 2.25. The number of alkyl halides is 1. The molecule has 0 bridgehead atoms. The molecule has 2 aromatic rings. The van der Waals surface area contributed by atoms with Crippen molar-refractivity contribution in [2.75, 3.05) is 0 Å². The number of benzene rings is 2. The molecule has 1 atom stereocenters. The zero-order valence-corrected chi connectivity index (χ0v) is 8.79. The van der Waals surface area contributed by atoms with Gasteiger partial charge >= 0.3 is 0 Å². The molecule has 0 aliphatic rings. The minimum atomic E-state index is -1.08. The fraction of sp³-hybridized carbons (Fsp3) is 0.0769. The molecule has 76 valence electrons. The smallest absolute Gasteiger partial charge is 0.150 e. The molecule has 0 aliphatic heterocycles. The molecule has 0 radical (unpaired) electrons. The summed E-state index contributed by atoms with van der Waals surface area (Å²) in [4.78, 5) is 0. The first-order valence-electron chi connectivity index (χ1n) is 4.72. The molecule has 0 nitrogen and oxygen atoms in total. The van der Waals surface area contributed by atoms with E-state index in [1.807, 2.05) is 18.2 Å². The second-order valence-electron chi connectivity index (χ2n) is 3.32. The third-order valence-corrected chi connectivity index (χ3v) is 2.51. The monoisotopic (exact) mass is 220 g/mol. The van der Waals surface area contributed by atoms with E-state index < -0.39 is 6.17 Å². The molecule has 0 aliphatic carbocycles. The van der Waals surface area contributed by atoms with Gasteiger partial charge in [-0.25, -0.2) is 4.39 Å². The van der Waals surface area contributed by atoms with Gasteiger partial charge in [0.2, 0.25) is 0 Å². The number of halogens is 2. The summed E-state index contributed by atoms with van der Waals surface area (Å²) in [5, 5.41) is 0.624. The lowest BCUT2D eigenvalue weighted by Crippen LogP contribution is -1.93. The fourth-order valence-electron chi connectivity index (χ4n) is 1.45. The fourth-order valence-corrected chi connectivity index (χ4v) is 1.57. The molecule has 0 spiro atoms. The lowest BCUT2D eigenvalue weighted by Gasteiger charge is -2.08. The summed E-state index contributed by atoms with van der Waals surface area (Å²) in [5.74, 6) is 0. The van der Waals surface area contributed by atoms with Crippen LogP contribution in [0.2, 0.25) is 5.02 Å². The summed E-state index contributed by atoms with van der Waals surface area (Å²) in [6.07, 6.45) is -1.08.